The van der Waals surface area contributed by atoms with E-state index < -0.39 is 4.92 Å². The predicted octanol–water partition coefficient (Wildman–Crippen LogP) is 2.79. The number of carbonyl (C=O) groups is 2. The van der Waals surface area contributed by atoms with E-state index in [0.717, 1.165) is 5.56 Å². The number of amides is 2. The molecule has 0 saturated carbocycles. The van der Waals surface area contributed by atoms with Gasteiger partial charge in [0.2, 0.25) is 5.91 Å². The van der Waals surface area contributed by atoms with E-state index >= 15 is 0 Å². The fourth-order valence-corrected chi connectivity index (χ4v) is 3.88. The lowest BCUT2D eigenvalue weighted by Crippen LogP contribution is -2.42. The fraction of sp³-hybridized carbons (Fsp3) is 0.261. The summed E-state index contributed by atoms with van der Waals surface area (Å²) in [6, 6.07) is 14.8. The second kappa shape index (κ2) is 9.11. The van der Waals surface area contributed by atoms with Crippen LogP contribution in [0.25, 0.3) is 16.9 Å². The lowest BCUT2D eigenvalue weighted by molar-refractivity contribution is -0.384. The number of benzene rings is 2. The molecule has 0 spiro atoms. The number of ether oxygens (including phenoxy) is 1. The Morgan fingerprint density at radius 1 is 1.09 bits per heavy atom. The van der Waals surface area contributed by atoms with Crippen molar-refractivity contribution in [1.29, 1.82) is 0 Å². The molecule has 1 aliphatic heterocycles. The summed E-state index contributed by atoms with van der Waals surface area (Å²) in [4.78, 5) is 37.1. The Balaban J connectivity index is 1.70. The van der Waals surface area contributed by atoms with E-state index in [9.17, 15) is 19.7 Å². The Hall–Kier alpha value is -4.21. The molecule has 0 unspecified atom stereocenters. The van der Waals surface area contributed by atoms with Gasteiger partial charge in [-0.2, -0.15) is 5.10 Å². The molecule has 2 amide bonds. The van der Waals surface area contributed by atoms with Crippen LogP contribution in [-0.2, 0) is 4.79 Å². The van der Waals surface area contributed by atoms with Crippen molar-refractivity contribution in [2.75, 3.05) is 20.2 Å². The van der Waals surface area contributed by atoms with Gasteiger partial charge >= 0.3 is 0 Å². The number of aromatic nitrogens is 2. The Bertz CT molecular complexity index is 1180. The average molecular weight is 449 g/mol. The molecule has 0 atom stereocenters. The third kappa shape index (κ3) is 4.54. The average Bonchev–Trinajstić information content (AvgIpc) is 3.29. The number of hydrogen-bond acceptors (Lipinski definition) is 6. The van der Waals surface area contributed by atoms with E-state index in [1.54, 1.807) is 42.3 Å². The molecule has 2 N–H and O–H groups in total. The van der Waals surface area contributed by atoms with Gasteiger partial charge in [0.15, 0.2) is 0 Å². The Morgan fingerprint density at radius 2 is 1.73 bits per heavy atom. The van der Waals surface area contributed by atoms with Crippen molar-refractivity contribution >= 4 is 17.5 Å². The summed E-state index contributed by atoms with van der Waals surface area (Å²) in [5, 5.41) is 15.6. The number of nitro groups is 1. The second-order valence-electron chi connectivity index (χ2n) is 7.80. The molecule has 1 saturated heterocycles. The maximum absolute atomic E-state index is 13.4. The van der Waals surface area contributed by atoms with Crippen molar-refractivity contribution in [2.45, 2.75) is 12.8 Å². The second-order valence-corrected chi connectivity index (χ2v) is 7.80. The molecular weight excluding hydrogens is 426 g/mol. The first-order chi connectivity index (χ1) is 15.9. The van der Waals surface area contributed by atoms with Crippen LogP contribution in [0.3, 0.4) is 0 Å². The fourth-order valence-electron chi connectivity index (χ4n) is 3.88. The zero-order valence-electron chi connectivity index (χ0n) is 18.0. The van der Waals surface area contributed by atoms with Crippen LogP contribution < -0.4 is 10.5 Å². The molecule has 0 bridgehead atoms. The van der Waals surface area contributed by atoms with Crippen molar-refractivity contribution < 1.29 is 19.2 Å². The molecule has 10 nitrogen and oxygen atoms in total. The first-order valence-electron chi connectivity index (χ1n) is 10.5. The number of methoxy groups -OCH3 is 1. The van der Waals surface area contributed by atoms with E-state index in [4.69, 9.17) is 10.5 Å². The van der Waals surface area contributed by atoms with Crippen LogP contribution >= 0.6 is 0 Å². The van der Waals surface area contributed by atoms with Crippen LogP contribution in [0.5, 0.6) is 5.75 Å². The number of hydrogen-bond donors (Lipinski definition) is 1. The molecule has 170 valence electrons. The van der Waals surface area contributed by atoms with Gasteiger partial charge in [-0.05, 0) is 55.3 Å². The van der Waals surface area contributed by atoms with Crippen molar-refractivity contribution in [1.82, 2.24) is 14.7 Å². The van der Waals surface area contributed by atoms with E-state index in [2.05, 4.69) is 5.10 Å². The summed E-state index contributed by atoms with van der Waals surface area (Å²) < 4.78 is 6.69. The number of likely N-dealkylation sites (tertiary alicyclic amines) is 1. The molecule has 2 heterocycles. The Labute approximate surface area is 189 Å². The molecule has 4 rings (SSSR count). The highest BCUT2D eigenvalue weighted by molar-refractivity contribution is 5.94. The molecule has 3 aromatic rings. The smallest absolute Gasteiger partial charge is 0.272 e. The number of non-ortho nitro benzene ring substituents is 1. The van der Waals surface area contributed by atoms with Crippen LogP contribution in [-0.4, -0.2) is 51.6 Å². The van der Waals surface area contributed by atoms with Crippen molar-refractivity contribution in [2.24, 2.45) is 11.7 Å². The molecule has 0 aliphatic carbocycles. The molecule has 0 radical (unpaired) electrons. The zero-order chi connectivity index (χ0) is 23.5. The van der Waals surface area contributed by atoms with Crippen molar-refractivity contribution in [3.05, 3.63) is 70.4 Å². The molecular formula is C23H23N5O5. The van der Waals surface area contributed by atoms with Gasteiger partial charge in [0, 0.05) is 36.7 Å². The van der Waals surface area contributed by atoms with Gasteiger partial charge in [-0.3, -0.25) is 19.7 Å². The minimum Gasteiger partial charge on any atom is -0.497 e. The Morgan fingerprint density at radius 3 is 2.27 bits per heavy atom. The predicted molar refractivity (Wildman–Crippen MR) is 120 cm³/mol. The highest BCUT2D eigenvalue weighted by Crippen LogP contribution is 2.27. The van der Waals surface area contributed by atoms with Gasteiger partial charge in [0.25, 0.3) is 11.6 Å². The third-order valence-corrected chi connectivity index (χ3v) is 5.80. The molecule has 1 fully saturated rings. The van der Waals surface area contributed by atoms with E-state index in [1.165, 1.54) is 16.8 Å². The standard InChI is InChI=1S/C23H23N5O5/c1-33-19-8-2-15(3-9-19)20-14-21(23(30)26-12-10-16(11-13-26)22(24)29)27(25-20)17-4-6-18(7-5-17)28(31)32/h2-9,14,16H,10-13H2,1H3,(H2,24,29). The first-order valence-corrected chi connectivity index (χ1v) is 10.5. The summed E-state index contributed by atoms with van der Waals surface area (Å²) in [5.74, 6) is -0.117. The monoisotopic (exact) mass is 449 g/mol. The lowest BCUT2D eigenvalue weighted by Gasteiger charge is -2.30. The van der Waals surface area contributed by atoms with Gasteiger partial charge < -0.3 is 15.4 Å². The number of nitrogens with zero attached hydrogens (tertiary/aromatic N) is 4. The van der Waals surface area contributed by atoms with Gasteiger partial charge in [0.1, 0.15) is 11.4 Å². The van der Waals surface area contributed by atoms with Crippen molar-refractivity contribution in [3.63, 3.8) is 0 Å². The van der Waals surface area contributed by atoms with Crippen LogP contribution in [0.15, 0.2) is 54.6 Å². The number of carbonyl (C=O) groups excluding carboxylic acids is 2. The molecule has 1 aromatic heterocycles. The molecule has 33 heavy (non-hydrogen) atoms. The highest BCUT2D eigenvalue weighted by atomic mass is 16.6. The number of primary amides is 1. The number of nitrogens with two attached hydrogens (primary N) is 1. The summed E-state index contributed by atoms with van der Waals surface area (Å²) >= 11 is 0. The van der Waals surface area contributed by atoms with E-state index in [0.29, 0.717) is 48.8 Å². The molecule has 2 aromatic carbocycles. The van der Waals surface area contributed by atoms with Crippen LogP contribution in [0.4, 0.5) is 5.69 Å². The van der Waals surface area contributed by atoms with Crippen molar-refractivity contribution in [3.8, 4) is 22.7 Å². The van der Waals surface area contributed by atoms with E-state index in [1.807, 2.05) is 12.1 Å². The molecule has 1 aliphatic rings. The van der Waals surface area contributed by atoms with Crippen LogP contribution in [0.1, 0.15) is 23.3 Å². The van der Waals surface area contributed by atoms with Gasteiger partial charge in [-0.25, -0.2) is 4.68 Å². The quantitative estimate of drug-likeness (QED) is 0.454. The minimum absolute atomic E-state index is 0.0531. The normalized spacial score (nSPS) is 14.2. The molecule has 10 heteroatoms. The Kier molecular flexibility index (Phi) is 6.07. The third-order valence-electron chi connectivity index (χ3n) is 5.80. The first kappa shape index (κ1) is 22.0. The topological polar surface area (TPSA) is 134 Å². The summed E-state index contributed by atoms with van der Waals surface area (Å²) in [6.45, 7) is 0.825. The van der Waals surface area contributed by atoms with E-state index in [-0.39, 0.29) is 23.4 Å². The zero-order valence-corrected chi connectivity index (χ0v) is 18.0. The number of rotatable bonds is 6. The maximum Gasteiger partial charge on any atom is 0.272 e. The summed E-state index contributed by atoms with van der Waals surface area (Å²) in [6.07, 6.45) is 1.02. The summed E-state index contributed by atoms with van der Waals surface area (Å²) in [5.41, 5.74) is 7.57. The highest BCUT2D eigenvalue weighted by Gasteiger charge is 2.29. The minimum atomic E-state index is -0.482. The van der Waals surface area contributed by atoms with Crippen LogP contribution in [0.2, 0.25) is 0 Å². The SMILES string of the molecule is COc1ccc(-c2cc(C(=O)N3CCC(C(N)=O)CC3)n(-c3ccc([N+](=O)[O-])cc3)n2)cc1. The maximum atomic E-state index is 13.4. The number of piperidine rings is 1. The van der Waals surface area contributed by atoms with Gasteiger partial charge in [-0.15, -0.1) is 0 Å². The summed E-state index contributed by atoms with van der Waals surface area (Å²) in [7, 11) is 1.58. The van der Waals surface area contributed by atoms with Gasteiger partial charge in [0.05, 0.1) is 23.4 Å². The van der Waals surface area contributed by atoms with Gasteiger partial charge in [-0.1, -0.05) is 0 Å². The largest absolute Gasteiger partial charge is 0.497 e. The lowest BCUT2D eigenvalue weighted by atomic mass is 9.96. The number of nitro benzene ring substituents is 1. The van der Waals surface area contributed by atoms with Crippen LogP contribution in [0, 0.1) is 16.0 Å².